The molecule has 5 nitrogen and oxygen atoms in total. The Morgan fingerprint density at radius 1 is 1.26 bits per heavy atom. The van der Waals surface area contributed by atoms with Crippen LogP contribution in [0.4, 0.5) is 0 Å². The van der Waals surface area contributed by atoms with Gasteiger partial charge in [-0.3, -0.25) is 4.79 Å². The second-order valence-corrected chi connectivity index (χ2v) is 6.12. The summed E-state index contributed by atoms with van der Waals surface area (Å²) in [5, 5.41) is 3.96. The van der Waals surface area contributed by atoms with Crippen molar-refractivity contribution in [3.05, 3.63) is 46.3 Å². The highest BCUT2D eigenvalue weighted by molar-refractivity contribution is 5.94. The maximum Gasteiger partial charge on any atom is 0.276 e. The van der Waals surface area contributed by atoms with Gasteiger partial charge in [0.15, 0.2) is 5.69 Å². The van der Waals surface area contributed by atoms with E-state index in [1.807, 2.05) is 37.8 Å². The van der Waals surface area contributed by atoms with Gasteiger partial charge >= 0.3 is 0 Å². The molecule has 0 saturated carbocycles. The summed E-state index contributed by atoms with van der Waals surface area (Å²) in [6.45, 7) is 7.75. The van der Waals surface area contributed by atoms with Crippen LogP contribution in [0.3, 0.4) is 0 Å². The molecule has 2 heterocycles. The van der Waals surface area contributed by atoms with Crippen LogP contribution in [0.2, 0.25) is 0 Å². The molecule has 0 aliphatic carbocycles. The lowest BCUT2D eigenvalue weighted by molar-refractivity contribution is 0.0780. The highest BCUT2D eigenvalue weighted by Crippen LogP contribution is 2.23. The van der Waals surface area contributed by atoms with Crippen molar-refractivity contribution < 1.29 is 14.1 Å². The number of likely N-dealkylation sites (tertiary alicyclic amines) is 1. The maximum absolute atomic E-state index is 12.6. The van der Waals surface area contributed by atoms with Gasteiger partial charge in [-0.1, -0.05) is 22.9 Å². The lowest BCUT2D eigenvalue weighted by atomic mass is 10.1. The summed E-state index contributed by atoms with van der Waals surface area (Å²) in [6, 6.07) is 6.04. The van der Waals surface area contributed by atoms with Crippen molar-refractivity contribution in [2.24, 2.45) is 0 Å². The molecular weight excluding hydrogens is 292 g/mol. The van der Waals surface area contributed by atoms with Crippen LogP contribution in [0.15, 0.2) is 22.7 Å². The highest BCUT2D eigenvalue weighted by atomic mass is 16.5. The number of benzene rings is 1. The molecule has 0 unspecified atom stereocenters. The summed E-state index contributed by atoms with van der Waals surface area (Å²) in [6.07, 6.45) is 2.11. The van der Waals surface area contributed by atoms with Gasteiger partial charge < -0.3 is 14.2 Å². The highest BCUT2D eigenvalue weighted by Gasteiger charge is 2.26. The van der Waals surface area contributed by atoms with Crippen molar-refractivity contribution >= 4 is 5.91 Å². The summed E-state index contributed by atoms with van der Waals surface area (Å²) in [4.78, 5) is 14.4. The van der Waals surface area contributed by atoms with Gasteiger partial charge in [0.1, 0.15) is 18.1 Å². The smallest absolute Gasteiger partial charge is 0.276 e. The third-order valence-corrected chi connectivity index (χ3v) is 4.28. The fraction of sp³-hybridized carbons (Fsp3) is 0.444. The molecule has 1 amide bonds. The Bertz CT molecular complexity index is 715. The zero-order chi connectivity index (χ0) is 16.4. The largest absolute Gasteiger partial charge is 0.488 e. The first-order valence-electron chi connectivity index (χ1n) is 8.00. The van der Waals surface area contributed by atoms with Gasteiger partial charge in [-0.25, -0.2) is 0 Å². The molecule has 1 saturated heterocycles. The quantitative estimate of drug-likeness (QED) is 0.868. The van der Waals surface area contributed by atoms with Crippen molar-refractivity contribution in [1.82, 2.24) is 10.1 Å². The topological polar surface area (TPSA) is 55.6 Å². The Balaban J connectivity index is 1.77. The first kappa shape index (κ1) is 15.6. The molecule has 0 N–H and O–H groups in total. The van der Waals surface area contributed by atoms with E-state index < -0.39 is 0 Å². The molecule has 2 aromatic rings. The monoisotopic (exact) mass is 314 g/mol. The van der Waals surface area contributed by atoms with E-state index in [0.29, 0.717) is 11.5 Å². The fourth-order valence-corrected chi connectivity index (χ4v) is 2.91. The third-order valence-electron chi connectivity index (χ3n) is 4.28. The standard InChI is InChI=1S/C18H22N2O3/c1-12-6-7-16(13(2)10-12)22-11-15-14(3)23-19-17(15)18(21)20-8-4-5-9-20/h6-7,10H,4-5,8-9,11H2,1-3H3. The first-order valence-corrected chi connectivity index (χ1v) is 8.00. The van der Waals surface area contributed by atoms with E-state index in [9.17, 15) is 4.79 Å². The average Bonchev–Trinajstić information content (AvgIpc) is 3.16. The van der Waals surface area contributed by atoms with Crippen LogP contribution in [0.25, 0.3) is 0 Å². The molecule has 1 aromatic carbocycles. The second kappa shape index (κ2) is 6.44. The fourth-order valence-electron chi connectivity index (χ4n) is 2.91. The molecule has 122 valence electrons. The number of amides is 1. The summed E-state index contributed by atoms with van der Waals surface area (Å²) >= 11 is 0. The van der Waals surface area contributed by atoms with Crippen molar-refractivity contribution in [1.29, 1.82) is 0 Å². The molecule has 0 bridgehead atoms. The number of ether oxygens (including phenoxy) is 1. The number of carbonyl (C=O) groups is 1. The number of nitrogens with zero attached hydrogens (tertiary/aromatic N) is 2. The van der Waals surface area contributed by atoms with Crippen LogP contribution in [0, 0.1) is 20.8 Å². The van der Waals surface area contributed by atoms with Crippen LogP contribution in [0.5, 0.6) is 5.75 Å². The minimum Gasteiger partial charge on any atom is -0.488 e. The van der Waals surface area contributed by atoms with Gasteiger partial charge in [0.05, 0.1) is 5.56 Å². The van der Waals surface area contributed by atoms with Crippen molar-refractivity contribution in [2.45, 2.75) is 40.2 Å². The van der Waals surface area contributed by atoms with Crippen LogP contribution < -0.4 is 4.74 Å². The number of rotatable bonds is 4. The molecule has 0 spiro atoms. The summed E-state index contributed by atoms with van der Waals surface area (Å²) in [5.74, 6) is 1.40. The lowest BCUT2D eigenvalue weighted by Gasteiger charge is -2.14. The summed E-state index contributed by atoms with van der Waals surface area (Å²) in [7, 11) is 0. The zero-order valence-corrected chi connectivity index (χ0v) is 13.9. The minimum absolute atomic E-state index is 0.0569. The van der Waals surface area contributed by atoms with Gasteiger partial charge in [-0.15, -0.1) is 0 Å². The molecule has 3 rings (SSSR count). The van der Waals surface area contributed by atoms with Gasteiger partial charge in [0.2, 0.25) is 0 Å². The number of carbonyl (C=O) groups excluding carboxylic acids is 1. The summed E-state index contributed by atoms with van der Waals surface area (Å²) < 4.78 is 11.1. The minimum atomic E-state index is -0.0569. The van der Waals surface area contributed by atoms with E-state index >= 15 is 0 Å². The third kappa shape index (κ3) is 3.23. The normalized spacial score (nSPS) is 14.3. The summed E-state index contributed by atoms with van der Waals surface area (Å²) in [5.41, 5.74) is 3.39. The second-order valence-electron chi connectivity index (χ2n) is 6.12. The maximum atomic E-state index is 12.6. The lowest BCUT2D eigenvalue weighted by Crippen LogP contribution is -2.28. The van der Waals surface area contributed by atoms with E-state index in [0.717, 1.165) is 42.8 Å². The molecule has 0 radical (unpaired) electrons. The number of aromatic nitrogens is 1. The van der Waals surface area contributed by atoms with Crippen LogP contribution in [-0.2, 0) is 6.61 Å². The Hall–Kier alpha value is -2.30. The number of hydrogen-bond acceptors (Lipinski definition) is 4. The van der Waals surface area contributed by atoms with Crippen LogP contribution in [0.1, 0.15) is 45.8 Å². The Kier molecular flexibility index (Phi) is 4.37. The van der Waals surface area contributed by atoms with E-state index in [-0.39, 0.29) is 12.5 Å². The van der Waals surface area contributed by atoms with E-state index in [2.05, 4.69) is 11.2 Å². The van der Waals surface area contributed by atoms with E-state index in [1.54, 1.807) is 0 Å². The Morgan fingerprint density at radius 2 is 2.00 bits per heavy atom. The molecule has 0 atom stereocenters. The molecule has 1 aliphatic rings. The van der Waals surface area contributed by atoms with Gasteiger partial charge in [-0.05, 0) is 45.2 Å². The molecule has 1 aliphatic heterocycles. The van der Waals surface area contributed by atoms with Gasteiger partial charge in [-0.2, -0.15) is 0 Å². The zero-order valence-electron chi connectivity index (χ0n) is 13.9. The predicted octanol–water partition coefficient (Wildman–Crippen LogP) is 3.41. The van der Waals surface area contributed by atoms with Crippen LogP contribution in [-0.4, -0.2) is 29.1 Å². The van der Waals surface area contributed by atoms with Crippen LogP contribution >= 0.6 is 0 Å². The van der Waals surface area contributed by atoms with Gasteiger partial charge in [0, 0.05) is 13.1 Å². The van der Waals surface area contributed by atoms with Crippen molar-refractivity contribution in [3.63, 3.8) is 0 Å². The SMILES string of the molecule is Cc1ccc(OCc2c(C(=O)N3CCCC3)noc2C)c(C)c1. The van der Waals surface area contributed by atoms with E-state index in [1.165, 1.54) is 5.56 Å². The molecule has 5 heteroatoms. The van der Waals surface area contributed by atoms with E-state index in [4.69, 9.17) is 9.26 Å². The first-order chi connectivity index (χ1) is 11.1. The van der Waals surface area contributed by atoms with Crippen molar-refractivity contribution in [2.75, 3.05) is 13.1 Å². The predicted molar refractivity (Wildman–Crippen MR) is 86.6 cm³/mol. The number of hydrogen-bond donors (Lipinski definition) is 0. The molecule has 23 heavy (non-hydrogen) atoms. The molecule has 1 fully saturated rings. The Morgan fingerprint density at radius 3 is 2.70 bits per heavy atom. The average molecular weight is 314 g/mol. The molecule has 1 aromatic heterocycles. The molecular formula is C18H22N2O3. The van der Waals surface area contributed by atoms with Crippen molar-refractivity contribution in [3.8, 4) is 5.75 Å². The van der Waals surface area contributed by atoms with Gasteiger partial charge in [0.25, 0.3) is 5.91 Å². The number of aryl methyl sites for hydroxylation is 3. The Labute approximate surface area is 136 Å².